The first kappa shape index (κ1) is 19.2. The van der Waals surface area contributed by atoms with E-state index in [0.717, 1.165) is 5.56 Å². The number of carbonyl (C=O) groups excluding carboxylic acids is 2. The van der Waals surface area contributed by atoms with Gasteiger partial charge in [0.1, 0.15) is 11.4 Å². The van der Waals surface area contributed by atoms with E-state index < -0.39 is 5.54 Å². The number of para-hydroxylation sites is 2. The van der Waals surface area contributed by atoms with Crippen LogP contribution in [0.4, 0.5) is 11.4 Å². The largest absolute Gasteiger partial charge is 0.464 e. The van der Waals surface area contributed by atoms with Gasteiger partial charge in [-0.15, -0.1) is 11.6 Å². The Kier molecular flexibility index (Phi) is 5.71. The molecule has 0 spiro atoms. The van der Waals surface area contributed by atoms with Crippen molar-refractivity contribution >= 4 is 34.9 Å². The van der Waals surface area contributed by atoms with Crippen molar-refractivity contribution in [2.75, 3.05) is 22.7 Å². The minimum Gasteiger partial charge on any atom is -0.464 e. The number of hydrogen-bond donors (Lipinski definition) is 1. The number of alkyl halides is 1. The summed E-state index contributed by atoms with van der Waals surface area (Å²) in [4.78, 5) is 27.3. The molecule has 2 atom stereocenters. The fourth-order valence-electron chi connectivity index (χ4n) is 3.52. The molecule has 0 saturated carbocycles. The smallest absolute Gasteiger partial charge is 0.331 e. The summed E-state index contributed by atoms with van der Waals surface area (Å²) in [6, 6.07) is 16.8. The van der Waals surface area contributed by atoms with Crippen LogP contribution in [0.3, 0.4) is 0 Å². The van der Waals surface area contributed by atoms with Crippen LogP contribution in [0.2, 0.25) is 0 Å². The first-order chi connectivity index (χ1) is 13.0. The number of carbonyl (C=O) groups is 2. The van der Waals surface area contributed by atoms with Crippen molar-refractivity contribution in [2.24, 2.45) is 0 Å². The second-order valence-electron chi connectivity index (χ2n) is 6.72. The minimum absolute atomic E-state index is 0.145. The molecular formula is C21H23ClN2O3. The lowest BCUT2D eigenvalue weighted by atomic mass is 9.89. The van der Waals surface area contributed by atoms with Crippen molar-refractivity contribution in [3.05, 3.63) is 60.2 Å². The normalized spacial score (nSPS) is 21.6. The van der Waals surface area contributed by atoms with Gasteiger partial charge in [-0.2, -0.15) is 0 Å². The molecule has 0 bridgehead atoms. The van der Waals surface area contributed by atoms with Crippen LogP contribution in [0.1, 0.15) is 31.9 Å². The van der Waals surface area contributed by atoms with E-state index in [9.17, 15) is 9.59 Å². The summed E-state index contributed by atoms with van der Waals surface area (Å²) in [5, 5.41) is 3.32. The van der Waals surface area contributed by atoms with Crippen LogP contribution in [-0.2, 0) is 14.3 Å². The van der Waals surface area contributed by atoms with E-state index in [0.29, 0.717) is 17.8 Å². The molecule has 3 rings (SSSR count). The van der Waals surface area contributed by atoms with Gasteiger partial charge in [-0.25, -0.2) is 4.79 Å². The lowest BCUT2D eigenvalue weighted by Gasteiger charge is -2.34. The molecule has 0 aromatic heterocycles. The quantitative estimate of drug-likeness (QED) is 0.633. The Hall–Kier alpha value is -2.53. The van der Waals surface area contributed by atoms with E-state index >= 15 is 0 Å². The molecule has 1 N–H and O–H groups in total. The van der Waals surface area contributed by atoms with E-state index in [1.807, 2.05) is 61.5 Å². The van der Waals surface area contributed by atoms with E-state index in [1.54, 1.807) is 11.8 Å². The van der Waals surface area contributed by atoms with Crippen molar-refractivity contribution in [2.45, 2.75) is 31.8 Å². The Morgan fingerprint density at radius 2 is 1.85 bits per heavy atom. The van der Waals surface area contributed by atoms with Gasteiger partial charge in [0.05, 0.1) is 24.0 Å². The molecule has 27 heavy (non-hydrogen) atoms. The highest BCUT2D eigenvalue weighted by Crippen LogP contribution is 2.43. The molecule has 2 unspecified atom stereocenters. The topological polar surface area (TPSA) is 58.6 Å². The number of fused-ring (bicyclic) bond motifs is 1. The maximum Gasteiger partial charge on any atom is 0.331 e. The van der Waals surface area contributed by atoms with Gasteiger partial charge in [-0.3, -0.25) is 4.79 Å². The Labute approximate surface area is 164 Å². The molecule has 0 aliphatic carbocycles. The number of amides is 1. The van der Waals surface area contributed by atoms with Gasteiger partial charge >= 0.3 is 5.97 Å². The first-order valence-corrected chi connectivity index (χ1v) is 9.51. The van der Waals surface area contributed by atoms with Crippen LogP contribution in [-0.4, -0.2) is 29.9 Å². The lowest BCUT2D eigenvalue weighted by molar-refractivity contribution is -0.148. The Bertz CT molecular complexity index is 827. The highest BCUT2D eigenvalue weighted by atomic mass is 35.5. The van der Waals surface area contributed by atoms with Gasteiger partial charge in [-0.1, -0.05) is 42.5 Å². The molecule has 142 valence electrons. The number of rotatable bonds is 4. The highest BCUT2D eigenvalue weighted by molar-refractivity contribution is 6.29. The van der Waals surface area contributed by atoms with Crippen LogP contribution in [0.15, 0.2) is 54.6 Å². The number of nitrogens with one attached hydrogen (secondary N) is 1. The van der Waals surface area contributed by atoms with Gasteiger partial charge in [0, 0.05) is 6.42 Å². The summed E-state index contributed by atoms with van der Waals surface area (Å²) in [5.41, 5.74) is 1.34. The lowest BCUT2D eigenvalue weighted by Crippen LogP contribution is -2.47. The van der Waals surface area contributed by atoms with Gasteiger partial charge < -0.3 is 15.0 Å². The number of esters is 1. The second-order valence-corrected chi connectivity index (χ2v) is 6.99. The molecule has 1 amide bonds. The second kappa shape index (κ2) is 8.01. The summed E-state index contributed by atoms with van der Waals surface area (Å²) in [6.07, 6.45) is 0.354. The average molecular weight is 387 g/mol. The molecule has 2 aromatic carbocycles. The fraction of sp³-hybridized carbons (Fsp3) is 0.333. The number of benzene rings is 2. The molecule has 1 heterocycles. The van der Waals surface area contributed by atoms with Crippen LogP contribution in [0, 0.1) is 0 Å². The summed E-state index contributed by atoms with van der Waals surface area (Å²) < 4.78 is 5.33. The number of nitrogens with zero attached hydrogens (tertiary/aromatic N) is 1. The third kappa shape index (κ3) is 3.78. The first-order valence-electron chi connectivity index (χ1n) is 8.97. The molecule has 6 heteroatoms. The molecule has 1 aliphatic rings. The van der Waals surface area contributed by atoms with Gasteiger partial charge in [-0.05, 0) is 31.5 Å². The summed E-state index contributed by atoms with van der Waals surface area (Å²) in [6.45, 7) is 3.88. The standard InChI is InChI=1S/C21H23ClN2O3/c1-3-27-20(26)21(2)13-18(15-9-5-4-6-10-15)24(19(25)14-22)17-12-8-7-11-16(17)23-21/h4-12,18,23H,3,13-14H2,1-2H3. The maximum absolute atomic E-state index is 12.8. The maximum atomic E-state index is 12.8. The predicted octanol–water partition coefficient (Wildman–Crippen LogP) is 4.14. The summed E-state index contributed by atoms with van der Waals surface area (Å²) >= 11 is 5.94. The molecule has 0 saturated heterocycles. The van der Waals surface area contributed by atoms with Gasteiger partial charge in [0.2, 0.25) is 5.91 Å². The SMILES string of the molecule is CCOC(=O)C1(C)CC(c2ccccc2)N(C(=O)CCl)c2ccccc2N1. The van der Waals surface area contributed by atoms with Gasteiger partial charge in [0.15, 0.2) is 0 Å². The van der Waals surface area contributed by atoms with Crippen molar-refractivity contribution in [3.8, 4) is 0 Å². The zero-order valence-electron chi connectivity index (χ0n) is 15.4. The Balaban J connectivity index is 2.18. The van der Waals surface area contributed by atoms with Crippen molar-refractivity contribution in [1.82, 2.24) is 0 Å². The Morgan fingerprint density at radius 1 is 1.19 bits per heavy atom. The summed E-state index contributed by atoms with van der Waals surface area (Å²) in [7, 11) is 0. The van der Waals surface area contributed by atoms with E-state index in [-0.39, 0.29) is 30.4 Å². The van der Waals surface area contributed by atoms with Crippen LogP contribution >= 0.6 is 11.6 Å². The Morgan fingerprint density at radius 3 is 2.52 bits per heavy atom. The molecule has 1 aliphatic heterocycles. The highest BCUT2D eigenvalue weighted by Gasteiger charge is 2.44. The fourth-order valence-corrected chi connectivity index (χ4v) is 3.65. The van der Waals surface area contributed by atoms with E-state index in [4.69, 9.17) is 16.3 Å². The number of hydrogen-bond acceptors (Lipinski definition) is 4. The number of anilines is 2. The molecule has 0 fully saturated rings. The van der Waals surface area contributed by atoms with Crippen LogP contribution < -0.4 is 10.2 Å². The molecule has 5 nitrogen and oxygen atoms in total. The van der Waals surface area contributed by atoms with Crippen LogP contribution in [0.5, 0.6) is 0 Å². The van der Waals surface area contributed by atoms with Crippen molar-refractivity contribution in [3.63, 3.8) is 0 Å². The van der Waals surface area contributed by atoms with E-state index in [1.165, 1.54) is 0 Å². The van der Waals surface area contributed by atoms with Crippen LogP contribution in [0.25, 0.3) is 0 Å². The number of halogens is 1. The third-order valence-electron chi connectivity index (χ3n) is 4.78. The zero-order chi connectivity index (χ0) is 19.4. The summed E-state index contributed by atoms with van der Waals surface area (Å²) in [5.74, 6) is -0.706. The van der Waals surface area contributed by atoms with Crippen molar-refractivity contribution < 1.29 is 14.3 Å². The zero-order valence-corrected chi connectivity index (χ0v) is 16.2. The number of ether oxygens (including phenoxy) is 1. The molecule has 0 radical (unpaired) electrons. The third-order valence-corrected chi connectivity index (χ3v) is 5.01. The van der Waals surface area contributed by atoms with E-state index in [2.05, 4.69) is 5.32 Å². The average Bonchev–Trinajstić information content (AvgIpc) is 2.82. The predicted molar refractivity (Wildman–Crippen MR) is 107 cm³/mol. The monoisotopic (exact) mass is 386 g/mol. The van der Waals surface area contributed by atoms with Crippen molar-refractivity contribution in [1.29, 1.82) is 0 Å². The van der Waals surface area contributed by atoms with Gasteiger partial charge in [0.25, 0.3) is 0 Å². The molecular weight excluding hydrogens is 364 g/mol. The minimum atomic E-state index is -0.992. The molecule has 2 aromatic rings.